The number of aromatic nitrogens is 4. The van der Waals surface area contributed by atoms with Crippen molar-refractivity contribution < 1.29 is 4.79 Å². The summed E-state index contributed by atoms with van der Waals surface area (Å²) in [6.07, 6.45) is 3.19. The van der Waals surface area contributed by atoms with Crippen molar-refractivity contribution in [3.8, 4) is 0 Å². The molecule has 5 heteroatoms. The summed E-state index contributed by atoms with van der Waals surface area (Å²) < 4.78 is 2.84. The first-order chi connectivity index (χ1) is 6.68. The maximum absolute atomic E-state index is 11.8. The number of carbonyl (C=O) groups is 1. The monoisotopic (exact) mass is 190 g/mol. The van der Waals surface area contributed by atoms with Crippen molar-refractivity contribution in [2.24, 2.45) is 7.05 Å². The zero-order chi connectivity index (χ0) is 10.1. The van der Waals surface area contributed by atoms with Gasteiger partial charge >= 0.3 is 0 Å². The standard InChI is InChI=1S/C9H10N4O/c1-7-6-8(12(2)11-7)9(14)13-5-3-4-10-13/h3-6H,1-2H3. The number of aryl methyl sites for hydroxylation is 2. The van der Waals surface area contributed by atoms with Crippen LogP contribution in [0.15, 0.2) is 24.5 Å². The molecule has 0 aliphatic rings. The molecule has 0 amide bonds. The van der Waals surface area contributed by atoms with E-state index in [1.165, 1.54) is 4.68 Å². The number of rotatable bonds is 1. The van der Waals surface area contributed by atoms with Crippen LogP contribution in [-0.2, 0) is 7.05 Å². The Hall–Kier alpha value is -1.91. The minimum absolute atomic E-state index is 0.168. The molecule has 72 valence electrons. The first kappa shape index (κ1) is 8.68. The highest BCUT2D eigenvalue weighted by Crippen LogP contribution is 2.03. The second-order valence-corrected chi connectivity index (χ2v) is 3.05. The van der Waals surface area contributed by atoms with Gasteiger partial charge in [0.2, 0.25) is 0 Å². The second kappa shape index (κ2) is 3.10. The predicted molar refractivity (Wildman–Crippen MR) is 49.9 cm³/mol. The van der Waals surface area contributed by atoms with Gasteiger partial charge in [-0.05, 0) is 19.1 Å². The molecular weight excluding hydrogens is 180 g/mol. The van der Waals surface area contributed by atoms with Gasteiger partial charge < -0.3 is 0 Å². The third kappa shape index (κ3) is 1.32. The minimum Gasteiger partial charge on any atom is -0.265 e. The molecule has 0 spiro atoms. The SMILES string of the molecule is Cc1cc(C(=O)n2cccn2)n(C)n1. The van der Waals surface area contributed by atoms with Gasteiger partial charge in [0.15, 0.2) is 0 Å². The van der Waals surface area contributed by atoms with Gasteiger partial charge in [0.1, 0.15) is 5.69 Å². The summed E-state index contributed by atoms with van der Waals surface area (Å²) in [5.41, 5.74) is 1.36. The third-order valence-electron chi connectivity index (χ3n) is 1.93. The van der Waals surface area contributed by atoms with Crippen LogP contribution in [0, 0.1) is 6.92 Å². The van der Waals surface area contributed by atoms with Crippen LogP contribution in [0.25, 0.3) is 0 Å². The first-order valence-corrected chi connectivity index (χ1v) is 4.23. The molecule has 0 saturated heterocycles. The largest absolute Gasteiger partial charge is 0.296 e. The van der Waals surface area contributed by atoms with E-state index in [9.17, 15) is 4.79 Å². The van der Waals surface area contributed by atoms with E-state index < -0.39 is 0 Å². The fourth-order valence-electron chi connectivity index (χ4n) is 1.32. The highest BCUT2D eigenvalue weighted by Gasteiger charge is 2.13. The van der Waals surface area contributed by atoms with Crippen molar-refractivity contribution >= 4 is 5.91 Å². The number of hydrogen-bond donors (Lipinski definition) is 0. The quantitative estimate of drug-likeness (QED) is 0.662. The third-order valence-corrected chi connectivity index (χ3v) is 1.93. The maximum Gasteiger partial charge on any atom is 0.296 e. The zero-order valence-electron chi connectivity index (χ0n) is 8.01. The summed E-state index contributed by atoms with van der Waals surface area (Å²) >= 11 is 0. The molecule has 0 unspecified atom stereocenters. The minimum atomic E-state index is -0.168. The van der Waals surface area contributed by atoms with Crippen LogP contribution in [0.5, 0.6) is 0 Å². The first-order valence-electron chi connectivity index (χ1n) is 4.23. The van der Waals surface area contributed by atoms with E-state index in [0.717, 1.165) is 5.69 Å². The normalized spacial score (nSPS) is 10.4. The highest BCUT2D eigenvalue weighted by atomic mass is 16.2. The fraction of sp³-hybridized carbons (Fsp3) is 0.222. The lowest BCUT2D eigenvalue weighted by Crippen LogP contribution is -2.16. The summed E-state index contributed by atoms with van der Waals surface area (Å²) in [7, 11) is 1.74. The van der Waals surface area contributed by atoms with Gasteiger partial charge in [0.05, 0.1) is 5.69 Å². The van der Waals surface area contributed by atoms with Crippen LogP contribution >= 0.6 is 0 Å². The molecule has 0 fully saturated rings. The maximum atomic E-state index is 11.8. The van der Waals surface area contributed by atoms with Gasteiger partial charge in [-0.2, -0.15) is 10.2 Å². The summed E-state index contributed by atoms with van der Waals surface area (Å²) in [5, 5.41) is 7.97. The summed E-state index contributed by atoms with van der Waals surface area (Å²) in [4.78, 5) is 11.8. The van der Waals surface area contributed by atoms with Gasteiger partial charge in [-0.3, -0.25) is 9.48 Å². The van der Waals surface area contributed by atoms with Crippen molar-refractivity contribution in [3.05, 3.63) is 35.9 Å². The number of hydrogen-bond acceptors (Lipinski definition) is 3. The average molecular weight is 190 g/mol. The Morgan fingerprint density at radius 1 is 1.50 bits per heavy atom. The molecule has 0 radical (unpaired) electrons. The van der Waals surface area contributed by atoms with E-state index in [0.29, 0.717) is 5.69 Å². The lowest BCUT2D eigenvalue weighted by Gasteiger charge is -1.99. The van der Waals surface area contributed by atoms with Crippen LogP contribution < -0.4 is 0 Å². The van der Waals surface area contributed by atoms with E-state index in [2.05, 4.69) is 10.2 Å². The molecule has 2 aromatic heterocycles. The highest BCUT2D eigenvalue weighted by molar-refractivity contribution is 5.93. The topological polar surface area (TPSA) is 52.7 Å². The molecule has 0 aliphatic heterocycles. The molecule has 0 saturated carbocycles. The number of carbonyl (C=O) groups excluding carboxylic acids is 1. The second-order valence-electron chi connectivity index (χ2n) is 3.05. The van der Waals surface area contributed by atoms with E-state index in [4.69, 9.17) is 0 Å². The summed E-state index contributed by atoms with van der Waals surface area (Å²) in [6.45, 7) is 1.85. The molecule has 0 bridgehead atoms. The van der Waals surface area contributed by atoms with E-state index >= 15 is 0 Å². The van der Waals surface area contributed by atoms with Crippen LogP contribution in [0.4, 0.5) is 0 Å². The van der Waals surface area contributed by atoms with Crippen molar-refractivity contribution in [2.45, 2.75) is 6.92 Å². The molecule has 14 heavy (non-hydrogen) atoms. The molecule has 0 N–H and O–H groups in total. The summed E-state index contributed by atoms with van der Waals surface area (Å²) in [5.74, 6) is -0.168. The molecule has 2 heterocycles. The van der Waals surface area contributed by atoms with Crippen LogP contribution in [0.1, 0.15) is 16.2 Å². The zero-order valence-corrected chi connectivity index (χ0v) is 8.01. The Bertz CT molecular complexity index is 455. The van der Waals surface area contributed by atoms with E-state index in [1.807, 2.05) is 6.92 Å². The van der Waals surface area contributed by atoms with Gasteiger partial charge in [0, 0.05) is 19.4 Å². The molecular formula is C9H10N4O. The van der Waals surface area contributed by atoms with Gasteiger partial charge in [0.25, 0.3) is 5.91 Å². The van der Waals surface area contributed by atoms with Crippen molar-refractivity contribution in [2.75, 3.05) is 0 Å². The Morgan fingerprint density at radius 2 is 2.29 bits per heavy atom. The fourth-order valence-corrected chi connectivity index (χ4v) is 1.32. The number of nitrogens with zero attached hydrogens (tertiary/aromatic N) is 4. The lowest BCUT2D eigenvalue weighted by molar-refractivity contribution is 0.0935. The van der Waals surface area contributed by atoms with Crippen molar-refractivity contribution in [3.63, 3.8) is 0 Å². The van der Waals surface area contributed by atoms with E-state index in [-0.39, 0.29) is 5.91 Å². The van der Waals surface area contributed by atoms with Gasteiger partial charge in [-0.15, -0.1) is 0 Å². The smallest absolute Gasteiger partial charge is 0.265 e. The lowest BCUT2D eigenvalue weighted by atomic mass is 10.3. The summed E-state index contributed by atoms with van der Waals surface area (Å²) in [6, 6.07) is 3.45. The Labute approximate surface area is 81.0 Å². The molecule has 0 aliphatic carbocycles. The van der Waals surface area contributed by atoms with Gasteiger partial charge in [-0.25, -0.2) is 4.68 Å². The predicted octanol–water partition coefficient (Wildman–Crippen LogP) is 0.614. The Balaban J connectivity index is 2.41. The average Bonchev–Trinajstić information content (AvgIpc) is 2.73. The van der Waals surface area contributed by atoms with Crippen LogP contribution in [-0.4, -0.2) is 25.5 Å². The van der Waals surface area contributed by atoms with Crippen molar-refractivity contribution in [1.82, 2.24) is 19.6 Å². The molecule has 2 aromatic rings. The molecule has 0 aromatic carbocycles. The molecule has 2 rings (SSSR count). The van der Waals surface area contributed by atoms with Crippen molar-refractivity contribution in [1.29, 1.82) is 0 Å². The van der Waals surface area contributed by atoms with Crippen LogP contribution in [0.2, 0.25) is 0 Å². The molecule has 5 nitrogen and oxygen atoms in total. The Kier molecular flexibility index (Phi) is 1.92. The van der Waals surface area contributed by atoms with Gasteiger partial charge in [-0.1, -0.05) is 0 Å². The molecule has 0 atom stereocenters. The Morgan fingerprint density at radius 3 is 2.79 bits per heavy atom. The van der Waals surface area contributed by atoms with Crippen LogP contribution in [0.3, 0.4) is 0 Å². The van der Waals surface area contributed by atoms with E-state index in [1.54, 1.807) is 36.3 Å².